The summed E-state index contributed by atoms with van der Waals surface area (Å²) < 4.78 is 28.7. The quantitative estimate of drug-likeness (QED) is 0.886. The van der Waals surface area contributed by atoms with Crippen LogP contribution in [0.15, 0.2) is 30.6 Å². The van der Waals surface area contributed by atoms with Crippen LogP contribution in [0.3, 0.4) is 0 Å². The fraction of sp³-hybridized carbons (Fsp3) is 0.474. The molecular formula is C19H23F2N5O. The average Bonchev–Trinajstić information content (AvgIpc) is 3.31. The molecule has 144 valence electrons. The highest BCUT2D eigenvalue weighted by Crippen LogP contribution is 2.33. The van der Waals surface area contributed by atoms with Gasteiger partial charge in [0.15, 0.2) is 11.6 Å². The highest BCUT2D eigenvalue weighted by Gasteiger charge is 2.39. The van der Waals surface area contributed by atoms with Gasteiger partial charge in [-0.2, -0.15) is 5.10 Å². The van der Waals surface area contributed by atoms with Gasteiger partial charge >= 0.3 is 0 Å². The SMILES string of the molecule is CN1CC[C@H](N[C@@H]2CCN(c3cnn(C)c3)C2=O)[C@@H]1c1ccc(F)c(F)c1. The predicted molar refractivity (Wildman–Crippen MR) is 97.2 cm³/mol. The number of amides is 1. The van der Waals surface area contributed by atoms with Crippen LogP contribution in [0.2, 0.25) is 0 Å². The van der Waals surface area contributed by atoms with Crippen LogP contribution >= 0.6 is 0 Å². The number of nitrogens with zero attached hydrogens (tertiary/aromatic N) is 4. The smallest absolute Gasteiger partial charge is 0.244 e. The van der Waals surface area contributed by atoms with Crippen LogP contribution in [0.5, 0.6) is 0 Å². The first kappa shape index (κ1) is 18.1. The van der Waals surface area contributed by atoms with E-state index in [9.17, 15) is 13.6 Å². The van der Waals surface area contributed by atoms with E-state index < -0.39 is 11.6 Å². The second kappa shape index (κ2) is 7.01. The Morgan fingerprint density at radius 3 is 2.67 bits per heavy atom. The molecule has 0 unspecified atom stereocenters. The average molecular weight is 375 g/mol. The van der Waals surface area contributed by atoms with E-state index in [1.165, 1.54) is 12.1 Å². The van der Waals surface area contributed by atoms with Gasteiger partial charge < -0.3 is 10.2 Å². The van der Waals surface area contributed by atoms with Crippen molar-refractivity contribution in [2.24, 2.45) is 7.05 Å². The number of anilines is 1. The first-order valence-corrected chi connectivity index (χ1v) is 9.15. The monoisotopic (exact) mass is 375 g/mol. The Morgan fingerprint density at radius 2 is 1.96 bits per heavy atom. The summed E-state index contributed by atoms with van der Waals surface area (Å²) in [6.07, 6.45) is 5.07. The molecule has 3 heterocycles. The van der Waals surface area contributed by atoms with E-state index in [0.717, 1.165) is 24.2 Å². The van der Waals surface area contributed by atoms with Crippen molar-refractivity contribution in [1.82, 2.24) is 20.0 Å². The van der Waals surface area contributed by atoms with Crippen molar-refractivity contribution in [2.45, 2.75) is 31.0 Å². The molecular weight excluding hydrogens is 352 g/mol. The van der Waals surface area contributed by atoms with E-state index in [2.05, 4.69) is 15.3 Å². The van der Waals surface area contributed by atoms with Gasteiger partial charge in [-0.25, -0.2) is 8.78 Å². The number of carbonyl (C=O) groups is 1. The third kappa shape index (κ3) is 3.35. The van der Waals surface area contributed by atoms with Crippen LogP contribution in [-0.4, -0.2) is 52.8 Å². The van der Waals surface area contributed by atoms with Crippen molar-refractivity contribution in [2.75, 3.05) is 25.0 Å². The zero-order valence-corrected chi connectivity index (χ0v) is 15.4. The number of benzene rings is 1. The predicted octanol–water partition coefficient (Wildman–Crippen LogP) is 1.84. The van der Waals surface area contributed by atoms with Gasteiger partial charge in [0.2, 0.25) is 5.91 Å². The fourth-order valence-corrected chi connectivity index (χ4v) is 4.20. The maximum absolute atomic E-state index is 13.7. The second-order valence-electron chi connectivity index (χ2n) is 7.36. The molecule has 1 amide bonds. The molecule has 4 rings (SSSR count). The van der Waals surface area contributed by atoms with Gasteiger partial charge in [0.05, 0.1) is 17.9 Å². The molecule has 0 aliphatic carbocycles. The lowest BCUT2D eigenvalue weighted by atomic mass is 9.99. The molecule has 1 aromatic heterocycles. The third-order valence-electron chi connectivity index (χ3n) is 5.56. The maximum atomic E-state index is 13.7. The Bertz CT molecular complexity index is 854. The molecule has 2 aromatic rings. The summed E-state index contributed by atoms with van der Waals surface area (Å²) in [6.45, 7) is 1.47. The highest BCUT2D eigenvalue weighted by molar-refractivity contribution is 5.99. The Hall–Kier alpha value is -2.32. The maximum Gasteiger partial charge on any atom is 0.244 e. The van der Waals surface area contributed by atoms with Crippen molar-refractivity contribution in [1.29, 1.82) is 0 Å². The Balaban J connectivity index is 1.49. The number of nitrogens with one attached hydrogen (secondary N) is 1. The molecule has 1 N–H and O–H groups in total. The molecule has 2 saturated heterocycles. The number of likely N-dealkylation sites (tertiary alicyclic amines) is 1. The number of carbonyl (C=O) groups excluding carboxylic acids is 1. The molecule has 27 heavy (non-hydrogen) atoms. The molecule has 6 nitrogen and oxygen atoms in total. The molecule has 8 heteroatoms. The molecule has 2 aliphatic heterocycles. The highest BCUT2D eigenvalue weighted by atomic mass is 19.2. The number of halogens is 2. The molecule has 2 fully saturated rings. The van der Waals surface area contributed by atoms with E-state index >= 15 is 0 Å². The van der Waals surface area contributed by atoms with Crippen LogP contribution in [0.4, 0.5) is 14.5 Å². The van der Waals surface area contributed by atoms with Gasteiger partial charge in [0.1, 0.15) is 0 Å². The number of hydrogen-bond donors (Lipinski definition) is 1. The van der Waals surface area contributed by atoms with Crippen molar-refractivity contribution in [3.8, 4) is 0 Å². The van der Waals surface area contributed by atoms with Gasteiger partial charge in [-0.05, 0) is 37.6 Å². The van der Waals surface area contributed by atoms with Gasteiger partial charge in [-0.3, -0.25) is 14.4 Å². The number of rotatable bonds is 4. The number of likely N-dealkylation sites (N-methyl/N-ethyl adjacent to an activating group) is 1. The van der Waals surface area contributed by atoms with Gasteiger partial charge in [-0.1, -0.05) is 6.07 Å². The van der Waals surface area contributed by atoms with Gasteiger partial charge in [-0.15, -0.1) is 0 Å². The summed E-state index contributed by atoms with van der Waals surface area (Å²) in [4.78, 5) is 16.7. The Kier molecular flexibility index (Phi) is 4.69. The lowest BCUT2D eigenvalue weighted by Crippen LogP contribution is -2.45. The van der Waals surface area contributed by atoms with Gasteiger partial charge in [0, 0.05) is 38.4 Å². The first-order valence-electron chi connectivity index (χ1n) is 9.15. The van der Waals surface area contributed by atoms with E-state index in [-0.39, 0.29) is 24.0 Å². The summed E-state index contributed by atoms with van der Waals surface area (Å²) in [5.41, 5.74) is 1.52. The Labute approximate surface area is 156 Å². The third-order valence-corrected chi connectivity index (χ3v) is 5.56. The zero-order valence-electron chi connectivity index (χ0n) is 15.4. The van der Waals surface area contributed by atoms with E-state index in [1.54, 1.807) is 21.8 Å². The minimum atomic E-state index is -0.845. The minimum absolute atomic E-state index is 0.00246. The molecule has 0 radical (unpaired) electrons. The summed E-state index contributed by atoms with van der Waals surface area (Å²) in [6, 6.07) is 3.67. The number of aryl methyl sites for hydroxylation is 1. The number of aromatic nitrogens is 2. The minimum Gasteiger partial charge on any atom is -0.308 e. The normalized spacial score (nSPS) is 26.3. The van der Waals surface area contributed by atoms with Crippen LogP contribution in [0, 0.1) is 11.6 Å². The fourth-order valence-electron chi connectivity index (χ4n) is 4.20. The summed E-state index contributed by atoms with van der Waals surface area (Å²) in [7, 11) is 3.78. The standard InChI is InChI=1S/C19H23F2N5O/c1-24-7-5-16(18(24)12-3-4-14(20)15(21)9-12)23-17-6-8-26(19(17)27)13-10-22-25(2)11-13/h3-4,9-11,16-18,23H,5-8H2,1-2H3/t16-,17+,18-/m0/s1. The van der Waals surface area contributed by atoms with Crippen LogP contribution < -0.4 is 10.2 Å². The summed E-state index contributed by atoms with van der Waals surface area (Å²) in [5.74, 6) is -1.66. The van der Waals surface area contributed by atoms with Crippen LogP contribution in [0.25, 0.3) is 0 Å². The summed E-state index contributed by atoms with van der Waals surface area (Å²) in [5, 5.41) is 7.60. The molecule has 0 saturated carbocycles. The topological polar surface area (TPSA) is 53.4 Å². The van der Waals surface area contributed by atoms with Crippen molar-refractivity contribution in [3.05, 3.63) is 47.8 Å². The largest absolute Gasteiger partial charge is 0.308 e. The Morgan fingerprint density at radius 1 is 1.15 bits per heavy atom. The summed E-state index contributed by atoms with van der Waals surface area (Å²) >= 11 is 0. The lowest BCUT2D eigenvalue weighted by molar-refractivity contribution is -0.119. The zero-order chi connectivity index (χ0) is 19.1. The van der Waals surface area contributed by atoms with Crippen molar-refractivity contribution >= 4 is 11.6 Å². The molecule has 3 atom stereocenters. The number of hydrogen-bond acceptors (Lipinski definition) is 4. The molecule has 0 spiro atoms. The second-order valence-corrected chi connectivity index (χ2v) is 7.36. The molecule has 2 aliphatic rings. The lowest BCUT2D eigenvalue weighted by Gasteiger charge is -2.28. The van der Waals surface area contributed by atoms with E-state index in [0.29, 0.717) is 13.0 Å². The van der Waals surface area contributed by atoms with E-state index in [4.69, 9.17) is 0 Å². The first-order chi connectivity index (χ1) is 12.9. The van der Waals surface area contributed by atoms with E-state index in [1.807, 2.05) is 20.3 Å². The van der Waals surface area contributed by atoms with Crippen molar-refractivity contribution < 1.29 is 13.6 Å². The molecule has 0 bridgehead atoms. The van der Waals surface area contributed by atoms with Gasteiger partial charge in [0.25, 0.3) is 0 Å². The van der Waals surface area contributed by atoms with Crippen LogP contribution in [0.1, 0.15) is 24.4 Å². The van der Waals surface area contributed by atoms with Crippen molar-refractivity contribution in [3.63, 3.8) is 0 Å². The van der Waals surface area contributed by atoms with Crippen LogP contribution in [-0.2, 0) is 11.8 Å². The molecule has 1 aromatic carbocycles.